The number of imide groups is 1. The van der Waals surface area contributed by atoms with Crippen molar-refractivity contribution in [2.24, 2.45) is 0 Å². The van der Waals surface area contributed by atoms with Crippen molar-refractivity contribution in [3.63, 3.8) is 0 Å². The van der Waals surface area contributed by atoms with Gasteiger partial charge in [-0.05, 0) is 42.5 Å². The van der Waals surface area contributed by atoms with Crippen molar-refractivity contribution >= 4 is 33.4 Å². The van der Waals surface area contributed by atoms with E-state index in [0.29, 0.717) is 11.5 Å². The highest BCUT2D eigenvalue weighted by Gasteiger charge is 2.35. The van der Waals surface area contributed by atoms with Crippen LogP contribution in [0.1, 0.15) is 26.3 Å². The molecule has 1 N–H and O–H groups in total. The van der Waals surface area contributed by atoms with Gasteiger partial charge in [-0.3, -0.25) is 19.7 Å². The number of ketones is 1. The fraction of sp³-hybridized carbons (Fsp3) is 0.120. The predicted octanol–water partition coefficient (Wildman–Crippen LogP) is 1.70. The van der Waals surface area contributed by atoms with E-state index in [1.807, 2.05) is 0 Å². The first-order valence-electron chi connectivity index (χ1n) is 10.7. The number of benzene rings is 3. The average molecular weight is 507 g/mol. The number of sulfone groups is 1. The molecule has 3 aromatic rings. The minimum absolute atomic E-state index is 0.0532. The van der Waals surface area contributed by atoms with Crippen LogP contribution < -0.4 is 14.8 Å². The summed E-state index contributed by atoms with van der Waals surface area (Å²) in [4.78, 5) is 49.2. The molecule has 2 amide bonds. The van der Waals surface area contributed by atoms with Crippen LogP contribution >= 0.6 is 0 Å². The van der Waals surface area contributed by atoms with Crippen LogP contribution in [0.3, 0.4) is 0 Å². The zero-order valence-corrected chi connectivity index (χ0v) is 19.2. The molecule has 182 valence electrons. The minimum Gasteiger partial charge on any atom is -0.485 e. The fourth-order valence-electron chi connectivity index (χ4n) is 3.83. The van der Waals surface area contributed by atoms with Gasteiger partial charge in [0, 0.05) is 11.1 Å². The number of amides is 2. The van der Waals surface area contributed by atoms with Crippen LogP contribution in [0.25, 0.3) is 0 Å². The molecule has 10 nitrogen and oxygen atoms in total. The van der Waals surface area contributed by atoms with Crippen LogP contribution in [0.2, 0.25) is 0 Å². The molecule has 0 aromatic heterocycles. The molecule has 0 saturated heterocycles. The number of carbonyl (C=O) groups excluding carboxylic acids is 4. The van der Waals surface area contributed by atoms with Crippen LogP contribution in [0.4, 0.5) is 0 Å². The molecule has 3 aromatic carbocycles. The third kappa shape index (κ3) is 4.09. The molecular formula is C25H17NO9S. The number of hydrogen-bond donors (Lipinski definition) is 1. The normalized spacial score (nSPS) is 16.8. The third-order valence-electron chi connectivity index (χ3n) is 5.57. The molecule has 11 heteroatoms. The number of para-hydroxylation sites is 2. The SMILES string of the molecule is O=C(COC(=O)c1ccc2c(c1)S(=O)(=O)c1ccccc1C2=O)NC(=O)[C@@H]1COc2ccccc2O1. The molecule has 0 fully saturated rings. The molecule has 5 rings (SSSR count). The van der Waals surface area contributed by atoms with Gasteiger partial charge in [0.25, 0.3) is 11.8 Å². The lowest BCUT2D eigenvalue weighted by Crippen LogP contribution is -2.47. The van der Waals surface area contributed by atoms with E-state index in [2.05, 4.69) is 5.32 Å². The van der Waals surface area contributed by atoms with Gasteiger partial charge in [-0.2, -0.15) is 0 Å². The first-order valence-corrected chi connectivity index (χ1v) is 12.2. The Morgan fingerprint density at radius 3 is 2.42 bits per heavy atom. The Morgan fingerprint density at radius 1 is 0.917 bits per heavy atom. The molecule has 2 aliphatic rings. The van der Waals surface area contributed by atoms with Crippen LogP contribution in [0.5, 0.6) is 11.5 Å². The van der Waals surface area contributed by atoms with E-state index in [4.69, 9.17) is 14.2 Å². The largest absolute Gasteiger partial charge is 0.485 e. The lowest BCUT2D eigenvalue weighted by Gasteiger charge is -2.25. The predicted molar refractivity (Wildman–Crippen MR) is 122 cm³/mol. The maximum Gasteiger partial charge on any atom is 0.338 e. The number of fused-ring (bicyclic) bond motifs is 3. The number of ether oxygens (including phenoxy) is 3. The molecule has 0 bridgehead atoms. The first-order chi connectivity index (χ1) is 17.3. The van der Waals surface area contributed by atoms with Gasteiger partial charge in [0.05, 0.1) is 15.4 Å². The zero-order chi connectivity index (χ0) is 25.4. The smallest absolute Gasteiger partial charge is 0.338 e. The van der Waals surface area contributed by atoms with Gasteiger partial charge >= 0.3 is 5.97 Å². The second-order valence-electron chi connectivity index (χ2n) is 7.89. The lowest BCUT2D eigenvalue weighted by atomic mass is 10.0. The Labute approximate surface area is 204 Å². The third-order valence-corrected chi connectivity index (χ3v) is 7.42. The van der Waals surface area contributed by atoms with Gasteiger partial charge in [-0.1, -0.05) is 24.3 Å². The van der Waals surface area contributed by atoms with Crippen molar-refractivity contribution in [1.29, 1.82) is 0 Å². The van der Waals surface area contributed by atoms with Gasteiger partial charge in [0.2, 0.25) is 15.9 Å². The maximum absolute atomic E-state index is 13.0. The van der Waals surface area contributed by atoms with Crippen LogP contribution in [0, 0.1) is 0 Å². The maximum atomic E-state index is 13.0. The van der Waals surface area contributed by atoms with E-state index in [0.717, 1.165) is 6.07 Å². The Balaban J connectivity index is 1.23. The van der Waals surface area contributed by atoms with Gasteiger partial charge in [-0.15, -0.1) is 0 Å². The van der Waals surface area contributed by atoms with E-state index in [1.165, 1.54) is 30.3 Å². The number of nitrogens with one attached hydrogen (secondary N) is 1. The quantitative estimate of drug-likeness (QED) is 0.408. The monoisotopic (exact) mass is 507 g/mol. The Morgan fingerprint density at radius 2 is 1.61 bits per heavy atom. The van der Waals surface area contributed by atoms with E-state index in [9.17, 15) is 27.6 Å². The van der Waals surface area contributed by atoms with Crippen molar-refractivity contribution in [3.05, 3.63) is 83.4 Å². The number of rotatable bonds is 4. The lowest BCUT2D eigenvalue weighted by molar-refractivity contribution is -0.137. The summed E-state index contributed by atoms with van der Waals surface area (Å²) in [5.74, 6) is -2.35. The van der Waals surface area contributed by atoms with Crippen molar-refractivity contribution in [2.75, 3.05) is 13.2 Å². The van der Waals surface area contributed by atoms with Gasteiger partial charge in [0.15, 0.2) is 23.9 Å². The van der Waals surface area contributed by atoms with Crippen LogP contribution in [-0.4, -0.2) is 51.3 Å². The molecule has 0 spiro atoms. The summed E-state index contributed by atoms with van der Waals surface area (Å²) < 4.78 is 41.9. The summed E-state index contributed by atoms with van der Waals surface area (Å²) >= 11 is 0. The van der Waals surface area contributed by atoms with Crippen molar-refractivity contribution in [3.8, 4) is 11.5 Å². The fourth-order valence-corrected chi connectivity index (χ4v) is 5.51. The molecule has 0 radical (unpaired) electrons. The van der Waals surface area contributed by atoms with Crippen LogP contribution in [-0.2, 0) is 24.2 Å². The molecule has 2 aliphatic heterocycles. The minimum atomic E-state index is -4.05. The summed E-state index contributed by atoms with van der Waals surface area (Å²) in [6, 6.07) is 16.0. The molecule has 1 atom stereocenters. The second kappa shape index (κ2) is 8.93. The summed E-state index contributed by atoms with van der Waals surface area (Å²) in [6.07, 6.45) is -1.08. The van der Waals surface area contributed by atoms with Crippen molar-refractivity contribution in [1.82, 2.24) is 5.32 Å². The second-order valence-corrected chi connectivity index (χ2v) is 9.78. The summed E-state index contributed by atoms with van der Waals surface area (Å²) in [6.45, 7) is -0.915. The van der Waals surface area contributed by atoms with E-state index in [1.54, 1.807) is 30.3 Å². The highest BCUT2D eigenvalue weighted by atomic mass is 32.2. The van der Waals surface area contributed by atoms with E-state index < -0.39 is 46.1 Å². The Kier molecular flexibility index (Phi) is 5.77. The molecule has 0 aliphatic carbocycles. The molecular weight excluding hydrogens is 490 g/mol. The number of esters is 1. The van der Waals surface area contributed by atoms with Gasteiger partial charge in [-0.25, -0.2) is 13.2 Å². The zero-order valence-electron chi connectivity index (χ0n) is 18.4. The molecule has 0 saturated carbocycles. The molecule has 2 heterocycles. The standard InChI is InChI=1S/C25H17NO9S/c27-22(26-24(29)19-12-33-17-6-2-3-7-18(17)35-19)13-34-25(30)14-9-10-16-21(11-14)36(31,32)20-8-4-1-5-15(20)23(16)28/h1-11,19H,12-13H2,(H,26,27,29)/t19-/m0/s1. The summed E-state index contributed by atoms with van der Waals surface area (Å²) in [5.41, 5.74) is -0.188. The highest BCUT2D eigenvalue weighted by molar-refractivity contribution is 7.91. The molecule has 0 unspecified atom stereocenters. The average Bonchev–Trinajstić information content (AvgIpc) is 2.90. The van der Waals surface area contributed by atoms with Gasteiger partial charge in [0.1, 0.15) is 6.61 Å². The number of hydrogen-bond acceptors (Lipinski definition) is 9. The van der Waals surface area contributed by atoms with Crippen molar-refractivity contribution < 1.29 is 41.8 Å². The molecule has 36 heavy (non-hydrogen) atoms. The van der Waals surface area contributed by atoms with Crippen LogP contribution in [0.15, 0.2) is 76.5 Å². The topological polar surface area (TPSA) is 142 Å². The van der Waals surface area contributed by atoms with E-state index >= 15 is 0 Å². The van der Waals surface area contributed by atoms with E-state index in [-0.39, 0.29) is 33.1 Å². The Hall–Kier alpha value is -4.51. The summed E-state index contributed by atoms with van der Waals surface area (Å²) in [7, 11) is -4.05. The van der Waals surface area contributed by atoms with Crippen molar-refractivity contribution in [2.45, 2.75) is 15.9 Å². The van der Waals surface area contributed by atoms with Gasteiger partial charge < -0.3 is 14.2 Å². The Bertz CT molecular complexity index is 1540. The highest BCUT2D eigenvalue weighted by Crippen LogP contribution is 2.35. The summed E-state index contributed by atoms with van der Waals surface area (Å²) in [5, 5.41) is 2.07. The first kappa shape index (κ1) is 23.2. The number of carbonyl (C=O) groups is 4.